The van der Waals surface area contributed by atoms with Gasteiger partial charge in [0.15, 0.2) is 6.61 Å². The number of nitrogens with zero attached hydrogens (tertiary/aromatic N) is 2. The van der Waals surface area contributed by atoms with E-state index in [0.29, 0.717) is 30.3 Å². The van der Waals surface area contributed by atoms with Crippen LogP contribution >= 0.6 is 11.8 Å². The summed E-state index contributed by atoms with van der Waals surface area (Å²) in [6.07, 6.45) is 2.98. The fraction of sp³-hybridized carbons (Fsp3) is 0.370. The molecule has 34 heavy (non-hydrogen) atoms. The Labute approximate surface area is 204 Å². The van der Waals surface area contributed by atoms with Gasteiger partial charge in [0.2, 0.25) is 0 Å². The van der Waals surface area contributed by atoms with Gasteiger partial charge in [-0.15, -0.1) is 11.8 Å². The summed E-state index contributed by atoms with van der Waals surface area (Å²) in [4.78, 5) is 28.1. The van der Waals surface area contributed by atoms with Crippen LogP contribution in [0.25, 0.3) is 0 Å². The molecule has 1 amide bonds. The minimum Gasteiger partial charge on any atom is -0.452 e. The molecule has 0 bridgehead atoms. The summed E-state index contributed by atoms with van der Waals surface area (Å²) in [5.41, 5.74) is 3.68. The van der Waals surface area contributed by atoms with Crippen LogP contribution in [-0.4, -0.2) is 41.6 Å². The number of hydrogen-bond donors (Lipinski definition) is 0. The average molecular weight is 479 g/mol. The number of piperidine rings is 1. The molecule has 6 nitrogen and oxygen atoms in total. The van der Waals surface area contributed by atoms with Gasteiger partial charge in [-0.2, -0.15) is 0 Å². The molecule has 4 rings (SSSR count). The number of rotatable bonds is 8. The normalized spacial score (nSPS) is 14.2. The number of carbonyl (C=O) groups is 2. The monoisotopic (exact) mass is 478 g/mol. The smallest absolute Gasteiger partial charge is 0.339 e. The van der Waals surface area contributed by atoms with E-state index in [9.17, 15) is 9.59 Å². The molecule has 0 aliphatic carbocycles. The molecule has 0 atom stereocenters. The molecule has 1 saturated heterocycles. The highest BCUT2D eigenvalue weighted by Gasteiger charge is 2.24. The Balaban J connectivity index is 1.26. The molecule has 0 radical (unpaired) electrons. The Bertz CT molecular complexity index is 1100. The predicted octanol–water partition coefficient (Wildman–Crippen LogP) is 5.22. The van der Waals surface area contributed by atoms with Crippen molar-refractivity contribution in [2.45, 2.75) is 43.8 Å². The number of benzene rings is 2. The summed E-state index contributed by atoms with van der Waals surface area (Å²) in [7, 11) is 0. The van der Waals surface area contributed by atoms with Crippen LogP contribution in [0, 0.1) is 19.8 Å². The van der Waals surface area contributed by atoms with Gasteiger partial charge in [0.1, 0.15) is 5.76 Å². The molecule has 1 fully saturated rings. The van der Waals surface area contributed by atoms with E-state index >= 15 is 0 Å². The predicted molar refractivity (Wildman–Crippen MR) is 132 cm³/mol. The van der Waals surface area contributed by atoms with Gasteiger partial charge in [-0.3, -0.25) is 4.79 Å². The molecule has 0 spiro atoms. The number of aryl methyl sites for hydroxylation is 2. The van der Waals surface area contributed by atoms with Crippen LogP contribution in [0.4, 0.5) is 0 Å². The van der Waals surface area contributed by atoms with Gasteiger partial charge < -0.3 is 14.2 Å². The summed E-state index contributed by atoms with van der Waals surface area (Å²) < 4.78 is 10.6. The first-order chi connectivity index (χ1) is 16.5. The zero-order valence-electron chi connectivity index (χ0n) is 19.7. The van der Waals surface area contributed by atoms with Crippen molar-refractivity contribution in [2.75, 3.05) is 19.7 Å². The van der Waals surface area contributed by atoms with Crippen LogP contribution in [-0.2, 0) is 21.7 Å². The summed E-state index contributed by atoms with van der Waals surface area (Å²) in [6.45, 7) is 4.97. The number of ether oxygens (including phenoxy) is 1. The molecule has 2 aromatic carbocycles. The van der Waals surface area contributed by atoms with Crippen LogP contribution in [0.3, 0.4) is 0 Å². The molecule has 1 aliphatic rings. The molecule has 1 aliphatic heterocycles. The highest BCUT2D eigenvalue weighted by molar-refractivity contribution is 7.98. The number of carbonyl (C=O) groups excluding carboxylic acids is 2. The van der Waals surface area contributed by atoms with Gasteiger partial charge in [0.25, 0.3) is 5.91 Å². The van der Waals surface area contributed by atoms with Crippen molar-refractivity contribution in [3.8, 4) is 0 Å². The zero-order valence-corrected chi connectivity index (χ0v) is 20.5. The number of amides is 1. The maximum absolute atomic E-state index is 12.8. The number of likely N-dealkylation sites (tertiary alicyclic amines) is 1. The van der Waals surface area contributed by atoms with E-state index in [2.05, 4.69) is 29.4 Å². The summed E-state index contributed by atoms with van der Waals surface area (Å²) in [5, 5.41) is 3.98. The van der Waals surface area contributed by atoms with Crippen molar-refractivity contribution in [3.05, 3.63) is 82.7 Å². The first-order valence-corrected chi connectivity index (χ1v) is 12.6. The minimum atomic E-state index is -0.478. The lowest BCUT2D eigenvalue weighted by atomic mass is 9.90. The van der Waals surface area contributed by atoms with Gasteiger partial charge in [-0.25, -0.2) is 4.79 Å². The van der Waals surface area contributed by atoms with E-state index in [0.717, 1.165) is 41.2 Å². The molecule has 3 aromatic rings. The first kappa shape index (κ1) is 24.1. The molecular weight excluding hydrogens is 448 g/mol. The first-order valence-electron chi connectivity index (χ1n) is 11.6. The molecule has 1 aromatic heterocycles. The highest BCUT2D eigenvalue weighted by atomic mass is 32.2. The van der Waals surface area contributed by atoms with Crippen molar-refractivity contribution < 1.29 is 18.8 Å². The second-order valence-electron chi connectivity index (χ2n) is 8.68. The number of esters is 1. The Morgan fingerprint density at radius 2 is 1.76 bits per heavy atom. The van der Waals surface area contributed by atoms with Crippen molar-refractivity contribution in [1.82, 2.24) is 10.1 Å². The quantitative estimate of drug-likeness (QED) is 0.326. The van der Waals surface area contributed by atoms with Crippen LogP contribution in [0.15, 0.2) is 64.0 Å². The highest BCUT2D eigenvalue weighted by Crippen LogP contribution is 2.29. The Morgan fingerprint density at radius 3 is 2.47 bits per heavy atom. The fourth-order valence-corrected chi connectivity index (χ4v) is 5.44. The van der Waals surface area contributed by atoms with Crippen molar-refractivity contribution in [3.63, 3.8) is 0 Å². The van der Waals surface area contributed by atoms with E-state index < -0.39 is 5.97 Å². The minimum absolute atomic E-state index is 0.132. The van der Waals surface area contributed by atoms with Gasteiger partial charge in [0, 0.05) is 29.3 Å². The van der Waals surface area contributed by atoms with Crippen molar-refractivity contribution in [2.24, 2.45) is 5.92 Å². The molecule has 2 heterocycles. The second-order valence-corrected chi connectivity index (χ2v) is 9.69. The Morgan fingerprint density at radius 1 is 1.06 bits per heavy atom. The molecule has 0 saturated carbocycles. The standard InChI is InChI=1S/C27H30N2O4S/c1-19-24(20(2)33-28-19)18-34-25-11-7-6-10-23(25)27(31)32-17-26(30)29-14-12-22(13-15-29)16-21-8-4-3-5-9-21/h3-11,22H,12-18H2,1-2H3. The fourth-order valence-electron chi connectivity index (χ4n) is 4.25. The number of hydrogen-bond acceptors (Lipinski definition) is 6. The van der Waals surface area contributed by atoms with Crippen LogP contribution < -0.4 is 0 Å². The summed E-state index contributed by atoms with van der Waals surface area (Å²) in [5.74, 6) is 1.39. The van der Waals surface area contributed by atoms with Crippen molar-refractivity contribution in [1.29, 1.82) is 0 Å². The Hall–Kier alpha value is -3.06. The van der Waals surface area contributed by atoms with E-state index in [1.54, 1.807) is 12.1 Å². The number of aromatic nitrogens is 1. The van der Waals surface area contributed by atoms with E-state index in [1.807, 2.05) is 36.9 Å². The SMILES string of the molecule is Cc1noc(C)c1CSc1ccccc1C(=O)OCC(=O)N1CCC(Cc2ccccc2)CC1. The maximum Gasteiger partial charge on any atom is 0.339 e. The lowest BCUT2D eigenvalue weighted by Crippen LogP contribution is -2.41. The lowest BCUT2D eigenvalue weighted by molar-refractivity contribution is -0.135. The largest absolute Gasteiger partial charge is 0.452 e. The van der Waals surface area contributed by atoms with Crippen LogP contribution in [0.2, 0.25) is 0 Å². The van der Waals surface area contributed by atoms with E-state index in [4.69, 9.17) is 9.26 Å². The summed E-state index contributed by atoms with van der Waals surface area (Å²) in [6, 6.07) is 17.8. The lowest BCUT2D eigenvalue weighted by Gasteiger charge is -2.32. The molecule has 0 N–H and O–H groups in total. The van der Waals surface area contributed by atoms with Gasteiger partial charge in [0.05, 0.1) is 11.3 Å². The number of thioether (sulfide) groups is 1. The van der Waals surface area contributed by atoms with Crippen molar-refractivity contribution >= 4 is 23.6 Å². The van der Waals surface area contributed by atoms with E-state index in [1.165, 1.54) is 17.3 Å². The maximum atomic E-state index is 12.8. The zero-order chi connectivity index (χ0) is 23.9. The molecule has 0 unspecified atom stereocenters. The third-order valence-corrected chi connectivity index (χ3v) is 7.42. The van der Waals surface area contributed by atoms with E-state index in [-0.39, 0.29) is 12.5 Å². The van der Waals surface area contributed by atoms with Crippen LogP contribution in [0.5, 0.6) is 0 Å². The van der Waals surface area contributed by atoms with Crippen LogP contribution in [0.1, 0.15) is 45.8 Å². The molecule has 178 valence electrons. The second kappa shape index (κ2) is 11.4. The third-order valence-electron chi connectivity index (χ3n) is 6.32. The van der Waals surface area contributed by atoms with Gasteiger partial charge >= 0.3 is 5.97 Å². The Kier molecular flexibility index (Phi) is 8.06. The molecular formula is C27H30N2O4S. The third kappa shape index (κ3) is 6.08. The van der Waals surface area contributed by atoms with Gasteiger partial charge in [-0.05, 0) is 56.7 Å². The molecule has 7 heteroatoms. The topological polar surface area (TPSA) is 72.6 Å². The summed E-state index contributed by atoms with van der Waals surface area (Å²) >= 11 is 1.53. The van der Waals surface area contributed by atoms with Gasteiger partial charge in [-0.1, -0.05) is 47.6 Å². The average Bonchev–Trinajstić information content (AvgIpc) is 3.19.